The van der Waals surface area contributed by atoms with Crippen molar-refractivity contribution in [1.82, 2.24) is 19.9 Å². The number of benzene rings is 1. The number of fused-ring (bicyclic) bond motifs is 1. The smallest absolute Gasteiger partial charge is 0.224 e. The molecule has 0 saturated carbocycles. The first kappa shape index (κ1) is 17.9. The van der Waals surface area contributed by atoms with Crippen molar-refractivity contribution in [1.29, 1.82) is 5.26 Å². The molecule has 1 aliphatic rings. The SMILES string of the molecule is CC(C)Oc1ncnc2ccc(N3CCN(c4nccnc4C#N)CC3)cc12. The van der Waals surface area contributed by atoms with E-state index in [-0.39, 0.29) is 6.10 Å². The van der Waals surface area contributed by atoms with E-state index in [0.717, 1.165) is 42.8 Å². The molecule has 3 aromatic rings. The van der Waals surface area contributed by atoms with E-state index in [2.05, 4.69) is 47.9 Å². The summed E-state index contributed by atoms with van der Waals surface area (Å²) >= 11 is 0. The third-order valence-corrected chi connectivity index (χ3v) is 4.66. The van der Waals surface area contributed by atoms with Crippen LogP contribution in [0.1, 0.15) is 19.5 Å². The molecule has 8 heteroatoms. The van der Waals surface area contributed by atoms with Crippen LogP contribution in [0.25, 0.3) is 10.9 Å². The third-order valence-electron chi connectivity index (χ3n) is 4.66. The molecular formula is C20H21N7O. The van der Waals surface area contributed by atoms with Gasteiger partial charge < -0.3 is 14.5 Å². The number of nitrogens with zero attached hydrogens (tertiary/aromatic N) is 7. The van der Waals surface area contributed by atoms with Gasteiger partial charge in [0.15, 0.2) is 11.5 Å². The van der Waals surface area contributed by atoms with Crippen LogP contribution >= 0.6 is 0 Å². The number of ether oxygens (including phenoxy) is 1. The number of hydrogen-bond acceptors (Lipinski definition) is 8. The van der Waals surface area contributed by atoms with Gasteiger partial charge in [-0.25, -0.2) is 19.9 Å². The van der Waals surface area contributed by atoms with E-state index in [4.69, 9.17) is 4.74 Å². The molecule has 0 atom stereocenters. The van der Waals surface area contributed by atoms with Crippen LogP contribution in [0.5, 0.6) is 5.88 Å². The van der Waals surface area contributed by atoms with Gasteiger partial charge in [0.2, 0.25) is 5.88 Å². The summed E-state index contributed by atoms with van der Waals surface area (Å²) in [7, 11) is 0. The summed E-state index contributed by atoms with van der Waals surface area (Å²) in [5.41, 5.74) is 2.34. The van der Waals surface area contributed by atoms with E-state index in [9.17, 15) is 5.26 Å². The summed E-state index contributed by atoms with van der Waals surface area (Å²) in [6.45, 7) is 7.15. The average molecular weight is 375 g/mol. The van der Waals surface area contributed by atoms with Crippen LogP contribution in [-0.2, 0) is 0 Å². The fraction of sp³-hybridized carbons (Fsp3) is 0.350. The first-order valence-electron chi connectivity index (χ1n) is 9.28. The molecule has 3 heterocycles. The van der Waals surface area contributed by atoms with Gasteiger partial charge in [-0.2, -0.15) is 5.26 Å². The highest BCUT2D eigenvalue weighted by Gasteiger charge is 2.21. The lowest BCUT2D eigenvalue weighted by Crippen LogP contribution is -2.47. The summed E-state index contributed by atoms with van der Waals surface area (Å²) in [4.78, 5) is 21.5. The molecule has 0 bridgehead atoms. The Morgan fingerprint density at radius 2 is 1.75 bits per heavy atom. The number of anilines is 2. The van der Waals surface area contributed by atoms with E-state index in [1.54, 1.807) is 12.4 Å². The lowest BCUT2D eigenvalue weighted by atomic mass is 10.2. The monoisotopic (exact) mass is 375 g/mol. The Labute approximate surface area is 163 Å². The molecule has 1 saturated heterocycles. The van der Waals surface area contributed by atoms with Gasteiger partial charge in [-0.1, -0.05) is 0 Å². The largest absolute Gasteiger partial charge is 0.474 e. The zero-order valence-electron chi connectivity index (χ0n) is 15.9. The number of nitriles is 1. The summed E-state index contributed by atoms with van der Waals surface area (Å²) in [5.74, 6) is 1.27. The molecule has 142 valence electrons. The van der Waals surface area contributed by atoms with Crippen molar-refractivity contribution in [3.8, 4) is 11.9 Å². The van der Waals surface area contributed by atoms with Gasteiger partial charge in [-0.05, 0) is 32.0 Å². The number of hydrogen-bond donors (Lipinski definition) is 0. The summed E-state index contributed by atoms with van der Waals surface area (Å²) < 4.78 is 5.85. The van der Waals surface area contributed by atoms with Gasteiger partial charge in [0.1, 0.15) is 12.4 Å². The molecule has 0 N–H and O–H groups in total. The predicted molar refractivity (Wildman–Crippen MR) is 106 cm³/mol. The van der Waals surface area contributed by atoms with Crippen LogP contribution < -0.4 is 14.5 Å². The minimum Gasteiger partial charge on any atom is -0.474 e. The highest BCUT2D eigenvalue weighted by Crippen LogP contribution is 2.28. The van der Waals surface area contributed by atoms with E-state index >= 15 is 0 Å². The molecule has 1 aromatic carbocycles. The third kappa shape index (κ3) is 3.51. The minimum absolute atomic E-state index is 0.0478. The second-order valence-corrected chi connectivity index (χ2v) is 6.86. The van der Waals surface area contributed by atoms with Crippen molar-refractivity contribution in [2.45, 2.75) is 20.0 Å². The molecule has 0 radical (unpaired) electrons. The number of piperazine rings is 1. The van der Waals surface area contributed by atoms with Crippen molar-refractivity contribution in [2.75, 3.05) is 36.0 Å². The summed E-state index contributed by atoms with van der Waals surface area (Å²) in [6.07, 6.45) is 4.76. The second-order valence-electron chi connectivity index (χ2n) is 6.86. The van der Waals surface area contributed by atoms with Crippen molar-refractivity contribution < 1.29 is 4.74 Å². The van der Waals surface area contributed by atoms with Gasteiger partial charge in [-0.3, -0.25) is 0 Å². The summed E-state index contributed by atoms with van der Waals surface area (Å²) in [6, 6.07) is 8.29. The zero-order valence-corrected chi connectivity index (χ0v) is 15.9. The maximum atomic E-state index is 9.25. The Morgan fingerprint density at radius 1 is 1.00 bits per heavy atom. The first-order valence-corrected chi connectivity index (χ1v) is 9.28. The first-order chi connectivity index (χ1) is 13.7. The fourth-order valence-corrected chi connectivity index (χ4v) is 3.35. The molecule has 0 amide bonds. The molecule has 4 rings (SSSR count). The molecule has 1 aliphatic heterocycles. The van der Waals surface area contributed by atoms with Crippen LogP contribution in [0.4, 0.5) is 11.5 Å². The van der Waals surface area contributed by atoms with Crippen molar-refractivity contribution in [3.05, 3.63) is 42.6 Å². The van der Waals surface area contributed by atoms with Gasteiger partial charge >= 0.3 is 0 Å². The minimum atomic E-state index is 0.0478. The van der Waals surface area contributed by atoms with E-state index in [1.165, 1.54) is 6.33 Å². The molecule has 0 spiro atoms. The maximum Gasteiger partial charge on any atom is 0.224 e. The van der Waals surface area contributed by atoms with Gasteiger partial charge in [0.25, 0.3) is 0 Å². The average Bonchev–Trinajstić information content (AvgIpc) is 2.73. The lowest BCUT2D eigenvalue weighted by Gasteiger charge is -2.36. The summed E-state index contributed by atoms with van der Waals surface area (Å²) in [5, 5.41) is 10.2. The topological polar surface area (TPSA) is 91.1 Å². The van der Waals surface area contributed by atoms with Gasteiger partial charge in [0.05, 0.1) is 17.0 Å². The van der Waals surface area contributed by atoms with Crippen molar-refractivity contribution in [2.24, 2.45) is 0 Å². The fourth-order valence-electron chi connectivity index (χ4n) is 3.35. The molecular weight excluding hydrogens is 354 g/mol. The van der Waals surface area contributed by atoms with Crippen LogP contribution in [0.3, 0.4) is 0 Å². The highest BCUT2D eigenvalue weighted by molar-refractivity contribution is 5.86. The lowest BCUT2D eigenvalue weighted by molar-refractivity contribution is 0.235. The molecule has 2 aromatic heterocycles. The number of aromatic nitrogens is 4. The van der Waals surface area contributed by atoms with E-state index in [0.29, 0.717) is 17.4 Å². The predicted octanol–water partition coefficient (Wildman–Crippen LogP) is 2.41. The maximum absolute atomic E-state index is 9.25. The van der Waals surface area contributed by atoms with Crippen molar-refractivity contribution >= 4 is 22.4 Å². The van der Waals surface area contributed by atoms with Crippen LogP contribution in [0, 0.1) is 11.3 Å². The molecule has 0 unspecified atom stereocenters. The van der Waals surface area contributed by atoms with Gasteiger partial charge in [0, 0.05) is 44.3 Å². The quantitative estimate of drug-likeness (QED) is 0.686. The number of rotatable bonds is 4. The molecule has 8 nitrogen and oxygen atoms in total. The van der Waals surface area contributed by atoms with Crippen LogP contribution in [0.2, 0.25) is 0 Å². The Hall–Kier alpha value is -3.47. The zero-order chi connectivity index (χ0) is 19.5. The van der Waals surface area contributed by atoms with E-state index < -0.39 is 0 Å². The highest BCUT2D eigenvalue weighted by atomic mass is 16.5. The Balaban J connectivity index is 1.55. The van der Waals surface area contributed by atoms with Gasteiger partial charge in [-0.15, -0.1) is 0 Å². The second kappa shape index (κ2) is 7.64. The molecule has 0 aliphatic carbocycles. The Morgan fingerprint density at radius 3 is 2.50 bits per heavy atom. The molecule has 1 fully saturated rings. The standard InChI is InChI=1S/C20H21N7O/c1-14(2)28-20-16-11-15(3-4-17(16)24-13-25-20)26-7-9-27(10-8-26)19-18(12-21)22-5-6-23-19/h3-6,11,13-14H,7-10H2,1-2H3. The molecule has 28 heavy (non-hydrogen) atoms. The Kier molecular flexibility index (Phi) is 4.89. The Bertz CT molecular complexity index is 1020. The van der Waals surface area contributed by atoms with Crippen LogP contribution in [-0.4, -0.2) is 52.2 Å². The normalized spacial score (nSPS) is 14.4. The van der Waals surface area contributed by atoms with Crippen LogP contribution in [0.15, 0.2) is 36.9 Å². The van der Waals surface area contributed by atoms with E-state index in [1.807, 2.05) is 19.9 Å². The van der Waals surface area contributed by atoms with Crippen molar-refractivity contribution in [3.63, 3.8) is 0 Å².